The summed E-state index contributed by atoms with van der Waals surface area (Å²) in [5, 5.41) is 8.51. The summed E-state index contributed by atoms with van der Waals surface area (Å²) < 4.78 is 12.5. The highest BCUT2D eigenvalue weighted by atomic mass is 16.5. The van der Waals surface area contributed by atoms with Gasteiger partial charge in [0.05, 0.1) is 5.69 Å². The van der Waals surface area contributed by atoms with Crippen LogP contribution in [0.25, 0.3) is 60.5 Å². The van der Waals surface area contributed by atoms with Crippen LogP contribution < -0.4 is 10.1 Å². The molecule has 0 fully saturated rings. The number of rotatable bonds is 2. The predicted octanol–water partition coefficient (Wildman–Crippen LogP) is 9.18. The second kappa shape index (κ2) is 7.39. The number of nitrogens with one attached hydrogen (secondary N) is 1. The average Bonchev–Trinajstić information content (AvgIpc) is 3.66. The summed E-state index contributed by atoms with van der Waals surface area (Å²) in [5.74, 6) is 1.23. The first-order chi connectivity index (χ1) is 18.8. The molecule has 2 aliphatic carbocycles. The largest absolute Gasteiger partial charge is 0.468 e. The number of para-hydroxylation sites is 3. The molecule has 1 N–H and O–H groups in total. The molecule has 0 saturated heterocycles. The molecule has 0 spiro atoms. The molecule has 0 amide bonds. The molecule has 9 rings (SSSR count). The first-order valence-electron chi connectivity index (χ1n) is 13.2. The van der Waals surface area contributed by atoms with Crippen LogP contribution in [0.4, 0.5) is 5.69 Å². The summed E-state index contributed by atoms with van der Waals surface area (Å²) in [4.78, 5) is 0. The lowest BCUT2D eigenvalue weighted by atomic mass is 9.90. The molecule has 2 unspecified atom stereocenters. The van der Waals surface area contributed by atoms with Crippen molar-refractivity contribution in [3.8, 4) is 28.0 Å². The van der Waals surface area contributed by atoms with Crippen molar-refractivity contribution in [3.05, 3.63) is 115 Å². The summed E-state index contributed by atoms with van der Waals surface area (Å²) in [7, 11) is 0. The average molecular weight is 490 g/mol. The summed E-state index contributed by atoms with van der Waals surface area (Å²) in [6.07, 6.45) is 7.80. The van der Waals surface area contributed by atoms with Gasteiger partial charge in [0.15, 0.2) is 6.23 Å². The molecule has 3 nitrogen and oxygen atoms in total. The van der Waals surface area contributed by atoms with E-state index in [1.54, 1.807) is 0 Å². The minimum absolute atomic E-state index is 0.0280. The zero-order chi connectivity index (χ0) is 24.8. The molecule has 5 aromatic carbocycles. The molecule has 38 heavy (non-hydrogen) atoms. The summed E-state index contributed by atoms with van der Waals surface area (Å²) in [6.45, 7) is 0. The normalized spacial score (nSPS) is 18.9. The number of hydrogen-bond donors (Lipinski definition) is 1. The van der Waals surface area contributed by atoms with Gasteiger partial charge in [0.1, 0.15) is 16.9 Å². The van der Waals surface area contributed by atoms with Crippen LogP contribution in [0.2, 0.25) is 0 Å². The van der Waals surface area contributed by atoms with Crippen molar-refractivity contribution >= 4 is 44.0 Å². The van der Waals surface area contributed by atoms with E-state index >= 15 is 0 Å². The number of benzene rings is 5. The molecule has 6 aromatic rings. The van der Waals surface area contributed by atoms with Gasteiger partial charge in [-0.3, -0.25) is 0 Å². The van der Waals surface area contributed by atoms with E-state index in [0.29, 0.717) is 5.92 Å². The fraction of sp³-hybridized carbons (Fsp3) is 0.0857. The van der Waals surface area contributed by atoms with Crippen LogP contribution in [0.3, 0.4) is 0 Å². The van der Waals surface area contributed by atoms with Gasteiger partial charge < -0.3 is 14.5 Å². The zero-order valence-electron chi connectivity index (χ0n) is 20.6. The molecule has 2 heterocycles. The molecule has 180 valence electrons. The molecule has 1 aliphatic heterocycles. The van der Waals surface area contributed by atoms with E-state index in [2.05, 4.69) is 90.3 Å². The number of furan rings is 1. The Balaban J connectivity index is 1.10. The number of hydrogen-bond acceptors (Lipinski definition) is 3. The van der Waals surface area contributed by atoms with E-state index in [1.165, 1.54) is 54.9 Å². The monoisotopic (exact) mass is 489 g/mol. The van der Waals surface area contributed by atoms with Gasteiger partial charge in [0, 0.05) is 16.7 Å². The van der Waals surface area contributed by atoms with Crippen LogP contribution in [-0.4, -0.2) is 6.23 Å². The highest BCUT2D eigenvalue weighted by molar-refractivity contribution is 6.27. The Morgan fingerprint density at radius 1 is 0.684 bits per heavy atom. The van der Waals surface area contributed by atoms with Gasteiger partial charge in [0.25, 0.3) is 0 Å². The Hall–Kier alpha value is -4.76. The highest BCUT2D eigenvalue weighted by Gasteiger charge is 2.29. The Morgan fingerprint density at radius 3 is 2.50 bits per heavy atom. The van der Waals surface area contributed by atoms with Crippen molar-refractivity contribution in [2.75, 3.05) is 5.32 Å². The molecule has 3 heteroatoms. The fourth-order valence-corrected chi connectivity index (χ4v) is 6.59. The lowest BCUT2D eigenvalue weighted by molar-refractivity contribution is 0.204. The first kappa shape index (κ1) is 20.3. The van der Waals surface area contributed by atoms with Gasteiger partial charge in [0.2, 0.25) is 0 Å². The fourth-order valence-electron chi connectivity index (χ4n) is 6.59. The zero-order valence-corrected chi connectivity index (χ0v) is 20.6. The quantitative estimate of drug-likeness (QED) is 0.263. The van der Waals surface area contributed by atoms with Crippen LogP contribution >= 0.6 is 0 Å². The predicted molar refractivity (Wildman–Crippen MR) is 155 cm³/mol. The molecule has 1 aromatic heterocycles. The molecule has 3 aliphatic rings. The van der Waals surface area contributed by atoms with Crippen LogP contribution in [0.1, 0.15) is 12.0 Å². The van der Waals surface area contributed by atoms with E-state index in [0.717, 1.165) is 29.0 Å². The van der Waals surface area contributed by atoms with Crippen LogP contribution in [0.5, 0.6) is 5.75 Å². The van der Waals surface area contributed by atoms with Crippen molar-refractivity contribution in [1.29, 1.82) is 0 Å². The molecule has 0 saturated carbocycles. The number of allylic oxidation sites excluding steroid dienone is 3. The second-order valence-corrected chi connectivity index (χ2v) is 10.5. The van der Waals surface area contributed by atoms with Crippen LogP contribution in [0, 0.1) is 5.92 Å². The Labute approximate surface area is 219 Å². The van der Waals surface area contributed by atoms with Gasteiger partial charge in [-0.2, -0.15) is 0 Å². The maximum absolute atomic E-state index is 6.33. The third kappa shape index (κ3) is 2.73. The SMILES string of the molecule is C1=CC(C2Nc3ccccc3O2)CC=C1c1ccc2c(c1)-c1cc3oc4ccccc4c3c3cccc-2c13. The van der Waals surface area contributed by atoms with Gasteiger partial charge >= 0.3 is 0 Å². The van der Waals surface area contributed by atoms with Crippen molar-refractivity contribution in [1.82, 2.24) is 0 Å². The van der Waals surface area contributed by atoms with Crippen molar-refractivity contribution in [2.24, 2.45) is 5.92 Å². The van der Waals surface area contributed by atoms with Gasteiger partial charge in [-0.05, 0) is 80.9 Å². The van der Waals surface area contributed by atoms with Crippen LogP contribution in [0.15, 0.2) is 114 Å². The Kier molecular flexibility index (Phi) is 3.95. The van der Waals surface area contributed by atoms with E-state index in [1.807, 2.05) is 24.3 Å². The minimum atomic E-state index is -0.0280. The molecule has 0 radical (unpaired) electrons. The highest BCUT2D eigenvalue weighted by Crippen LogP contribution is 2.51. The van der Waals surface area contributed by atoms with E-state index in [4.69, 9.17) is 9.15 Å². The first-order valence-corrected chi connectivity index (χ1v) is 13.2. The summed E-state index contributed by atoms with van der Waals surface area (Å²) >= 11 is 0. The van der Waals surface area contributed by atoms with Crippen molar-refractivity contribution < 1.29 is 9.15 Å². The minimum Gasteiger partial charge on any atom is -0.468 e. The molecular weight excluding hydrogens is 466 g/mol. The topological polar surface area (TPSA) is 34.4 Å². The third-order valence-corrected chi connectivity index (χ3v) is 8.40. The lowest BCUT2D eigenvalue weighted by Crippen LogP contribution is -2.29. The van der Waals surface area contributed by atoms with E-state index < -0.39 is 0 Å². The van der Waals surface area contributed by atoms with Gasteiger partial charge in [-0.15, -0.1) is 0 Å². The Morgan fingerprint density at radius 2 is 1.58 bits per heavy atom. The van der Waals surface area contributed by atoms with Gasteiger partial charge in [-0.25, -0.2) is 0 Å². The van der Waals surface area contributed by atoms with Crippen molar-refractivity contribution in [3.63, 3.8) is 0 Å². The molecular formula is C35H23NO2. The second-order valence-electron chi connectivity index (χ2n) is 10.5. The lowest BCUT2D eigenvalue weighted by Gasteiger charge is -2.22. The maximum atomic E-state index is 6.33. The smallest absolute Gasteiger partial charge is 0.176 e. The standard InChI is InChI=1S/C35H23NO2/c1-3-10-30-25(6-1)34-26-8-5-7-24-23-17-16-22(18-27(23)28(33(24)26)19-32(34)37-30)20-12-14-21(15-13-20)35-36-29-9-2-4-11-31(29)38-35/h1-14,16-19,21,35-36H,15H2. The van der Waals surface area contributed by atoms with Crippen molar-refractivity contribution in [2.45, 2.75) is 12.6 Å². The maximum Gasteiger partial charge on any atom is 0.176 e. The molecule has 2 atom stereocenters. The third-order valence-electron chi connectivity index (χ3n) is 8.40. The summed E-state index contributed by atoms with van der Waals surface area (Å²) in [6, 6.07) is 32.3. The van der Waals surface area contributed by atoms with Crippen LogP contribution in [-0.2, 0) is 0 Å². The summed E-state index contributed by atoms with van der Waals surface area (Å²) in [5.41, 5.74) is 10.6. The van der Waals surface area contributed by atoms with E-state index in [-0.39, 0.29) is 6.23 Å². The van der Waals surface area contributed by atoms with Gasteiger partial charge in [-0.1, -0.05) is 78.9 Å². The van der Waals surface area contributed by atoms with E-state index in [9.17, 15) is 0 Å². The Bertz CT molecular complexity index is 2000. The number of fused-ring (bicyclic) bond motifs is 8. The molecule has 0 bridgehead atoms. The number of ether oxygens (including phenoxy) is 1. The number of anilines is 1.